The summed E-state index contributed by atoms with van der Waals surface area (Å²) >= 11 is 0. The predicted molar refractivity (Wildman–Crippen MR) is 124 cm³/mol. The Balaban J connectivity index is -0.0000000139. The number of rotatable bonds is 0. The second kappa shape index (κ2) is 295. The molecular weight excluding hydrogens is 276 g/mol. The lowest BCUT2D eigenvalue weighted by Crippen LogP contribution is -1.66. The van der Waals surface area contributed by atoms with Gasteiger partial charge in [-0.1, -0.05) is 131 Å². The van der Waals surface area contributed by atoms with Crippen LogP contribution in [0.2, 0.25) is 0 Å². The fourth-order valence-corrected chi connectivity index (χ4v) is 0. The van der Waals surface area contributed by atoms with Crippen LogP contribution in [0, 0.1) is 18.3 Å². The Morgan fingerprint density at radius 1 is 0.565 bits per heavy atom. The predicted octanol–water partition coefficient (Wildman–Crippen LogP) is 10.3. The molecular formula is C23H60. The summed E-state index contributed by atoms with van der Waals surface area (Å²) in [6, 6.07) is 0. The van der Waals surface area contributed by atoms with Gasteiger partial charge in [0, 0.05) is 0 Å². The van der Waals surface area contributed by atoms with Crippen LogP contribution < -0.4 is 0 Å². The van der Waals surface area contributed by atoms with E-state index in [0.717, 1.165) is 5.92 Å². The summed E-state index contributed by atoms with van der Waals surface area (Å²) in [7, 11) is 0. The average molecular weight is 337 g/mol. The highest BCUT2D eigenvalue weighted by molar-refractivity contribution is 4.73. The third kappa shape index (κ3) is 42600. The van der Waals surface area contributed by atoms with Crippen LogP contribution in [-0.2, 0) is 0 Å². The summed E-state index contributed by atoms with van der Waals surface area (Å²) in [4.78, 5) is 0. The van der Waals surface area contributed by atoms with Crippen molar-refractivity contribution in [2.75, 3.05) is 0 Å². The molecule has 0 N–H and O–H groups in total. The van der Waals surface area contributed by atoms with Gasteiger partial charge in [0.1, 0.15) is 0 Å². The molecule has 0 aromatic heterocycles. The number of terminal acetylenes is 1. The standard InChI is InChI=1S/C4H10.2C3H8.C3H4.5C2H6/c1-4(2)3;3*1-3-2;5*1-2/h4H,1-3H3;2*3H2,1-2H3;1H,2H3;5*1-2H3. The van der Waals surface area contributed by atoms with E-state index < -0.39 is 0 Å². The fourth-order valence-electron chi connectivity index (χ4n) is 0. The first kappa shape index (κ1) is 57.0. The summed E-state index contributed by atoms with van der Waals surface area (Å²) in [6.45, 7) is 36.7. The molecule has 0 aliphatic rings. The summed E-state index contributed by atoms with van der Waals surface area (Å²) in [5.41, 5.74) is 0. The van der Waals surface area contributed by atoms with Crippen LogP contribution in [0.3, 0.4) is 0 Å². The highest BCUT2D eigenvalue weighted by Crippen LogP contribution is 1.81. The van der Waals surface area contributed by atoms with Crippen molar-refractivity contribution in [2.24, 2.45) is 5.92 Å². The molecule has 0 radical (unpaired) electrons. The van der Waals surface area contributed by atoms with E-state index in [-0.39, 0.29) is 0 Å². The molecule has 0 aromatic rings. The minimum Gasteiger partial charge on any atom is -0.120 e. The monoisotopic (exact) mass is 336 g/mol. The van der Waals surface area contributed by atoms with Gasteiger partial charge < -0.3 is 0 Å². The van der Waals surface area contributed by atoms with Crippen LogP contribution in [0.5, 0.6) is 0 Å². The van der Waals surface area contributed by atoms with Gasteiger partial charge in [-0.25, -0.2) is 0 Å². The van der Waals surface area contributed by atoms with Crippen LogP contribution in [-0.4, -0.2) is 0 Å². The van der Waals surface area contributed by atoms with E-state index in [0.29, 0.717) is 0 Å². The zero-order valence-corrected chi connectivity index (χ0v) is 21.1. The summed E-state index contributed by atoms with van der Waals surface area (Å²) in [6.07, 6.45) is 7.10. The fraction of sp³-hybridized carbons (Fsp3) is 0.913. The molecule has 0 saturated carbocycles. The average Bonchev–Trinajstić information content (AvgIpc) is 2.58. The first-order chi connectivity index (χ1) is 11.0. The maximum absolute atomic E-state index is 4.60. The smallest absolute Gasteiger partial charge is 0.00297 e. The quantitative estimate of drug-likeness (QED) is 0.386. The molecule has 0 atom stereocenters. The Hall–Kier alpha value is -0.440. The SMILES string of the molecule is C#CC.CC.CC.CC.CC.CC.CC(C)C.CCC.CCC. The maximum Gasteiger partial charge on any atom is -0.00297 e. The summed E-state index contributed by atoms with van der Waals surface area (Å²) in [5.74, 6) is 3.08. The van der Waals surface area contributed by atoms with Gasteiger partial charge in [-0.15, -0.1) is 12.3 Å². The molecule has 0 heterocycles. The molecule has 0 fully saturated rings. The molecule has 0 aliphatic heterocycles. The maximum atomic E-state index is 4.60. The van der Waals surface area contributed by atoms with E-state index >= 15 is 0 Å². The Labute approximate surface area is 156 Å². The molecule has 0 unspecified atom stereocenters. The topological polar surface area (TPSA) is 0 Å². The van der Waals surface area contributed by atoms with Crippen molar-refractivity contribution in [1.29, 1.82) is 0 Å². The molecule has 0 rings (SSSR count). The third-order valence-corrected chi connectivity index (χ3v) is 0. The molecule has 0 bridgehead atoms. The van der Waals surface area contributed by atoms with Gasteiger partial charge >= 0.3 is 0 Å². The minimum absolute atomic E-state index is 0.833. The van der Waals surface area contributed by atoms with Crippen molar-refractivity contribution < 1.29 is 0 Å². The molecule has 0 amide bonds. The van der Waals surface area contributed by atoms with Crippen molar-refractivity contribution in [1.82, 2.24) is 0 Å². The first-order valence-corrected chi connectivity index (χ1v) is 10.3. The van der Waals surface area contributed by atoms with Gasteiger partial charge in [0.15, 0.2) is 0 Å². The van der Waals surface area contributed by atoms with E-state index in [2.05, 4.69) is 60.8 Å². The Morgan fingerprint density at radius 3 is 0.565 bits per heavy atom. The minimum atomic E-state index is 0.833. The molecule has 0 heteroatoms. The molecule has 0 saturated heterocycles. The number of hydrogen-bond donors (Lipinski definition) is 0. The van der Waals surface area contributed by atoms with Crippen LogP contribution in [0.4, 0.5) is 0 Å². The lowest BCUT2D eigenvalue weighted by molar-refractivity contribution is 0.737. The first-order valence-electron chi connectivity index (χ1n) is 10.3. The zero-order valence-electron chi connectivity index (χ0n) is 21.1. The van der Waals surface area contributed by atoms with Crippen molar-refractivity contribution in [2.45, 2.75) is 137 Å². The Bertz CT molecular complexity index is 59.8. The Kier molecular flexibility index (Phi) is 731. The summed E-state index contributed by atoms with van der Waals surface area (Å²) < 4.78 is 0. The van der Waals surface area contributed by atoms with Gasteiger partial charge in [-0.05, 0) is 12.8 Å². The van der Waals surface area contributed by atoms with Crippen LogP contribution in [0.1, 0.15) is 137 Å². The highest BCUT2D eigenvalue weighted by atomic mass is 13.7. The second-order valence-corrected chi connectivity index (χ2v) is 3.43. The molecule has 0 aromatic carbocycles. The van der Waals surface area contributed by atoms with E-state index in [4.69, 9.17) is 0 Å². The zero-order chi connectivity index (χ0) is 21.7. The second-order valence-electron chi connectivity index (χ2n) is 3.43. The normalized spacial score (nSPS) is 4.78. The van der Waals surface area contributed by atoms with Crippen molar-refractivity contribution in [3.63, 3.8) is 0 Å². The van der Waals surface area contributed by atoms with Crippen LogP contribution in [0.15, 0.2) is 0 Å². The van der Waals surface area contributed by atoms with Gasteiger partial charge in [-0.2, -0.15) is 0 Å². The largest absolute Gasteiger partial charge is 0.120 e. The molecule has 0 aliphatic carbocycles. The van der Waals surface area contributed by atoms with E-state index in [1.165, 1.54) is 12.8 Å². The number of hydrogen-bond acceptors (Lipinski definition) is 0. The molecule has 152 valence electrons. The Morgan fingerprint density at radius 2 is 0.565 bits per heavy atom. The van der Waals surface area contributed by atoms with Crippen LogP contribution in [0.25, 0.3) is 0 Å². The van der Waals surface area contributed by atoms with E-state index in [9.17, 15) is 0 Å². The van der Waals surface area contributed by atoms with Gasteiger partial charge in [0.05, 0.1) is 0 Å². The van der Waals surface area contributed by atoms with Gasteiger partial charge in [0.25, 0.3) is 0 Å². The highest BCUT2D eigenvalue weighted by Gasteiger charge is 1.68. The van der Waals surface area contributed by atoms with Crippen molar-refractivity contribution in [3.05, 3.63) is 0 Å². The van der Waals surface area contributed by atoms with Crippen molar-refractivity contribution >= 4 is 0 Å². The van der Waals surface area contributed by atoms with Gasteiger partial charge in [-0.3, -0.25) is 0 Å². The van der Waals surface area contributed by atoms with Crippen molar-refractivity contribution in [3.8, 4) is 12.3 Å². The lowest BCUT2D eigenvalue weighted by Gasteiger charge is -1.79. The molecule has 0 nitrogen and oxygen atoms in total. The van der Waals surface area contributed by atoms with E-state index in [1.54, 1.807) is 6.92 Å². The van der Waals surface area contributed by atoms with E-state index in [1.807, 2.05) is 69.2 Å². The lowest BCUT2D eigenvalue weighted by atomic mass is 10.3. The van der Waals surface area contributed by atoms with Gasteiger partial charge in [0.2, 0.25) is 0 Å². The molecule has 23 heavy (non-hydrogen) atoms. The molecule has 0 spiro atoms. The summed E-state index contributed by atoms with van der Waals surface area (Å²) in [5, 5.41) is 0. The van der Waals surface area contributed by atoms with Crippen LogP contribution >= 0.6 is 0 Å². The third-order valence-electron chi connectivity index (χ3n) is 0.